The molecule has 0 aliphatic carbocycles. The summed E-state index contributed by atoms with van der Waals surface area (Å²) in [6.45, 7) is 5.55. The fourth-order valence-corrected chi connectivity index (χ4v) is 1.97. The molecule has 94 valence electrons. The molecule has 0 spiro atoms. The average Bonchev–Trinajstić information content (AvgIpc) is 2.28. The zero-order valence-electron chi connectivity index (χ0n) is 10.6. The lowest BCUT2D eigenvalue weighted by atomic mass is 9.92. The highest BCUT2D eigenvalue weighted by molar-refractivity contribution is 5.54. The molecule has 0 unspecified atom stereocenters. The van der Waals surface area contributed by atoms with E-state index >= 15 is 0 Å². The molecule has 0 radical (unpaired) electrons. The maximum Gasteiger partial charge on any atom is 0.167 e. The van der Waals surface area contributed by atoms with Crippen molar-refractivity contribution in [3.63, 3.8) is 0 Å². The molecule has 1 aliphatic heterocycles. The molecule has 17 heavy (non-hydrogen) atoms. The van der Waals surface area contributed by atoms with Crippen molar-refractivity contribution in [3.8, 4) is 11.5 Å². The van der Waals surface area contributed by atoms with Gasteiger partial charge in [0.15, 0.2) is 11.5 Å². The molecule has 1 aromatic rings. The molecule has 0 atom stereocenters. The summed E-state index contributed by atoms with van der Waals surface area (Å²) < 4.78 is 16.5. The fraction of sp³-hybridized carbons (Fsp3) is 0.538. The van der Waals surface area contributed by atoms with Gasteiger partial charge in [-0.05, 0) is 13.8 Å². The van der Waals surface area contributed by atoms with E-state index in [0.29, 0.717) is 19.8 Å². The highest BCUT2D eigenvalue weighted by Gasteiger charge is 2.26. The van der Waals surface area contributed by atoms with Gasteiger partial charge in [0, 0.05) is 23.8 Å². The topological polar surface area (TPSA) is 53.7 Å². The smallest absolute Gasteiger partial charge is 0.167 e. The van der Waals surface area contributed by atoms with Crippen molar-refractivity contribution in [1.29, 1.82) is 0 Å². The van der Waals surface area contributed by atoms with Gasteiger partial charge < -0.3 is 19.9 Å². The van der Waals surface area contributed by atoms with E-state index < -0.39 is 5.54 Å². The fourth-order valence-electron chi connectivity index (χ4n) is 1.97. The van der Waals surface area contributed by atoms with Gasteiger partial charge in [-0.25, -0.2) is 0 Å². The quantitative estimate of drug-likeness (QED) is 0.871. The summed E-state index contributed by atoms with van der Waals surface area (Å²) in [7, 11) is 1.66. The first-order valence-electron chi connectivity index (χ1n) is 5.74. The van der Waals surface area contributed by atoms with Crippen LogP contribution in [-0.4, -0.2) is 20.3 Å². The molecule has 4 nitrogen and oxygen atoms in total. The number of methoxy groups -OCH3 is 1. The Hall–Kier alpha value is -1.26. The van der Waals surface area contributed by atoms with Crippen molar-refractivity contribution in [2.75, 3.05) is 20.3 Å². The lowest BCUT2D eigenvalue weighted by Crippen LogP contribution is -2.31. The third kappa shape index (κ3) is 2.37. The largest absolute Gasteiger partial charge is 0.486 e. The van der Waals surface area contributed by atoms with Gasteiger partial charge in [0.05, 0.1) is 6.61 Å². The van der Waals surface area contributed by atoms with Crippen molar-refractivity contribution in [3.05, 3.63) is 23.3 Å². The second-order valence-electron chi connectivity index (χ2n) is 4.78. The van der Waals surface area contributed by atoms with Crippen molar-refractivity contribution in [1.82, 2.24) is 0 Å². The predicted octanol–water partition coefficient (Wildman–Crippen LogP) is 1.80. The maximum absolute atomic E-state index is 6.14. The number of ether oxygens (including phenoxy) is 3. The number of fused-ring (bicyclic) bond motifs is 1. The van der Waals surface area contributed by atoms with Crippen LogP contribution in [0.3, 0.4) is 0 Å². The summed E-state index contributed by atoms with van der Waals surface area (Å²) in [5, 5.41) is 0. The summed E-state index contributed by atoms with van der Waals surface area (Å²) in [4.78, 5) is 0. The van der Waals surface area contributed by atoms with E-state index in [1.165, 1.54) is 0 Å². The van der Waals surface area contributed by atoms with Crippen molar-refractivity contribution in [2.24, 2.45) is 5.73 Å². The van der Waals surface area contributed by atoms with Crippen LogP contribution < -0.4 is 15.2 Å². The zero-order chi connectivity index (χ0) is 12.5. The van der Waals surface area contributed by atoms with Crippen LogP contribution >= 0.6 is 0 Å². The lowest BCUT2D eigenvalue weighted by Gasteiger charge is -2.28. The van der Waals surface area contributed by atoms with Gasteiger partial charge in [0.2, 0.25) is 0 Å². The Morgan fingerprint density at radius 1 is 1.24 bits per heavy atom. The van der Waals surface area contributed by atoms with E-state index in [1.54, 1.807) is 7.11 Å². The van der Waals surface area contributed by atoms with E-state index in [0.717, 1.165) is 22.6 Å². The van der Waals surface area contributed by atoms with Crippen molar-refractivity contribution in [2.45, 2.75) is 26.0 Å². The molecule has 4 heteroatoms. The third-order valence-electron chi connectivity index (χ3n) is 2.76. The highest BCUT2D eigenvalue weighted by Crippen LogP contribution is 2.41. The van der Waals surface area contributed by atoms with Crippen LogP contribution in [-0.2, 0) is 16.9 Å². The van der Waals surface area contributed by atoms with Crippen LogP contribution in [0.5, 0.6) is 11.5 Å². The summed E-state index contributed by atoms with van der Waals surface area (Å²) in [6, 6.07) is 3.98. The molecule has 1 heterocycles. The lowest BCUT2D eigenvalue weighted by molar-refractivity contribution is 0.150. The summed E-state index contributed by atoms with van der Waals surface area (Å²) in [5.41, 5.74) is 7.65. The van der Waals surface area contributed by atoms with Gasteiger partial charge in [-0.15, -0.1) is 0 Å². The second-order valence-corrected chi connectivity index (χ2v) is 4.78. The predicted molar refractivity (Wildman–Crippen MR) is 65.4 cm³/mol. The highest BCUT2D eigenvalue weighted by atomic mass is 16.6. The van der Waals surface area contributed by atoms with Crippen LogP contribution in [0.1, 0.15) is 25.0 Å². The van der Waals surface area contributed by atoms with Crippen molar-refractivity contribution < 1.29 is 14.2 Å². The van der Waals surface area contributed by atoms with Crippen molar-refractivity contribution >= 4 is 0 Å². The van der Waals surface area contributed by atoms with Gasteiger partial charge in [-0.1, -0.05) is 12.1 Å². The van der Waals surface area contributed by atoms with E-state index in [-0.39, 0.29) is 0 Å². The van der Waals surface area contributed by atoms with E-state index in [9.17, 15) is 0 Å². The van der Waals surface area contributed by atoms with Gasteiger partial charge in [0.25, 0.3) is 0 Å². The number of hydrogen-bond donors (Lipinski definition) is 1. The molecular weight excluding hydrogens is 218 g/mol. The number of benzene rings is 1. The Balaban J connectivity index is 2.51. The van der Waals surface area contributed by atoms with Crippen LogP contribution in [0.2, 0.25) is 0 Å². The minimum atomic E-state index is -0.448. The molecule has 0 saturated carbocycles. The van der Waals surface area contributed by atoms with Gasteiger partial charge >= 0.3 is 0 Å². The standard InChI is InChI=1S/C13H19NO3/c1-13(2,14)10-5-4-9(8-15-3)11-12(10)17-7-6-16-11/h4-5H,6-8,14H2,1-3H3. The number of rotatable bonds is 3. The van der Waals surface area contributed by atoms with Crippen LogP contribution in [0, 0.1) is 0 Å². The molecule has 0 saturated heterocycles. The SMILES string of the molecule is COCc1ccc(C(C)(C)N)c2c1OCCO2. The van der Waals surface area contributed by atoms with E-state index in [1.807, 2.05) is 26.0 Å². The monoisotopic (exact) mass is 237 g/mol. The minimum Gasteiger partial charge on any atom is -0.486 e. The molecule has 2 rings (SSSR count). The number of hydrogen-bond acceptors (Lipinski definition) is 4. The molecule has 1 aliphatic rings. The number of nitrogens with two attached hydrogens (primary N) is 1. The Morgan fingerprint density at radius 2 is 1.88 bits per heavy atom. The van der Waals surface area contributed by atoms with Crippen LogP contribution in [0.25, 0.3) is 0 Å². The Labute approximate surface area is 102 Å². The maximum atomic E-state index is 6.14. The first kappa shape index (κ1) is 12.2. The van der Waals surface area contributed by atoms with E-state index in [4.69, 9.17) is 19.9 Å². The molecule has 0 bridgehead atoms. The molecule has 0 amide bonds. The second kappa shape index (κ2) is 4.55. The third-order valence-corrected chi connectivity index (χ3v) is 2.76. The minimum absolute atomic E-state index is 0.448. The zero-order valence-corrected chi connectivity index (χ0v) is 10.6. The molecule has 0 fully saturated rings. The molecule has 1 aromatic carbocycles. The first-order chi connectivity index (χ1) is 8.04. The normalized spacial score (nSPS) is 14.8. The summed E-state index contributed by atoms with van der Waals surface area (Å²) >= 11 is 0. The van der Waals surface area contributed by atoms with Gasteiger partial charge in [0.1, 0.15) is 13.2 Å². The van der Waals surface area contributed by atoms with E-state index in [2.05, 4.69) is 0 Å². The van der Waals surface area contributed by atoms with Gasteiger partial charge in [-0.3, -0.25) is 0 Å². The average molecular weight is 237 g/mol. The molecular formula is C13H19NO3. The first-order valence-corrected chi connectivity index (χ1v) is 5.74. The van der Waals surface area contributed by atoms with Crippen LogP contribution in [0.4, 0.5) is 0 Å². The van der Waals surface area contributed by atoms with Gasteiger partial charge in [-0.2, -0.15) is 0 Å². The Morgan fingerprint density at radius 3 is 2.47 bits per heavy atom. The summed E-state index contributed by atoms with van der Waals surface area (Å²) in [5.74, 6) is 1.53. The Bertz CT molecular complexity index is 410. The molecule has 0 aromatic heterocycles. The molecule has 2 N–H and O–H groups in total. The van der Waals surface area contributed by atoms with Crippen LogP contribution in [0.15, 0.2) is 12.1 Å². The summed E-state index contributed by atoms with van der Waals surface area (Å²) in [6.07, 6.45) is 0. The Kier molecular flexibility index (Phi) is 3.26.